The van der Waals surface area contributed by atoms with Gasteiger partial charge in [0.25, 0.3) is 0 Å². The lowest BCUT2D eigenvalue weighted by Gasteiger charge is -2.25. The van der Waals surface area contributed by atoms with Crippen LogP contribution in [0.3, 0.4) is 0 Å². The maximum atomic E-state index is 13.1. The predicted octanol–water partition coefficient (Wildman–Crippen LogP) is 7.12. The number of cyclic esters (lactones) is 1. The fraction of sp³-hybridized carbons (Fsp3) is 0.464. The van der Waals surface area contributed by atoms with Crippen molar-refractivity contribution in [3.63, 3.8) is 0 Å². The molecule has 0 N–H and O–H groups in total. The van der Waals surface area contributed by atoms with Crippen LogP contribution in [-0.2, 0) is 17.8 Å². The number of ether oxygens (including phenoxy) is 4. The number of fused-ring (bicyclic) bond motifs is 2. The molecule has 2 aromatic carbocycles. The molecule has 0 amide bonds. The molecule has 1 heterocycles. The molecule has 0 saturated heterocycles. The minimum Gasteiger partial charge on any atom is -0.495 e. The van der Waals surface area contributed by atoms with Gasteiger partial charge in [-0.3, -0.25) is 0 Å². The van der Waals surface area contributed by atoms with Crippen molar-refractivity contribution in [1.82, 2.24) is 0 Å². The van der Waals surface area contributed by atoms with Gasteiger partial charge in [-0.05, 0) is 66.8 Å². The van der Waals surface area contributed by atoms with Crippen molar-refractivity contribution in [2.24, 2.45) is 11.8 Å². The van der Waals surface area contributed by atoms with E-state index in [9.17, 15) is 4.79 Å². The molecule has 178 valence electrons. The minimum absolute atomic E-state index is 0.0660. The van der Waals surface area contributed by atoms with E-state index < -0.39 is 5.97 Å². The van der Waals surface area contributed by atoms with Gasteiger partial charge in [0, 0.05) is 5.56 Å². The van der Waals surface area contributed by atoms with E-state index >= 15 is 0 Å². The predicted molar refractivity (Wildman–Crippen MR) is 132 cm³/mol. The van der Waals surface area contributed by atoms with E-state index in [2.05, 4.69) is 34.3 Å². The molecule has 0 unspecified atom stereocenters. The lowest BCUT2D eigenvalue weighted by molar-refractivity contribution is 0.0454. The molecule has 0 saturated carbocycles. The van der Waals surface area contributed by atoms with Crippen LogP contribution >= 0.6 is 0 Å². The van der Waals surface area contributed by atoms with E-state index in [1.165, 1.54) is 0 Å². The molecule has 0 spiro atoms. The van der Waals surface area contributed by atoms with Gasteiger partial charge in [0.05, 0.1) is 13.7 Å². The topological polar surface area (TPSA) is 54.0 Å². The molecule has 0 atom stereocenters. The van der Waals surface area contributed by atoms with Gasteiger partial charge < -0.3 is 18.9 Å². The van der Waals surface area contributed by atoms with Crippen molar-refractivity contribution in [3.8, 4) is 23.0 Å². The summed E-state index contributed by atoms with van der Waals surface area (Å²) in [5.41, 5.74) is 3.92. The normalized spacial score (nSPS) is 12.9. The number of methoxy groups -OCH3 is 1. The summed E-state index contributed by atoms with van der Waals surface area (Å²) in [5, 5.41) is 0. The highest BCUT2D eigenvalue weighted by Gasteiger charge is 2.29. The number of carbonyl (C=O) groups excluding carboxylic acids is 1. The average Bonchev–Trinajstić information content (AvgIpc) is 2.76. The van der Waals surface area contributed by atoms with Gasteiger partial charge >= 0.3 is 5.97 Å². The Morgan fingerprint density at radius 1 is 1.15 bits per heavy atom. The Morgan fingerprint density at radius 3 is 2.52 bits per heavy atom. The summed E-state index contributed by atoms with van der Waals surface area (Å²) in [4.78, 5) is 13.1. The van der Waals surface area contributed by atoms with Crippen LogP contribution in [0.1, 0.15) is 73.1 Å². The van der Waals surface area contributed by atoms with Crippen molar-refractivity contribution in [2.75, 3.05) is 13.7 Å². The molecule has 0 bridgehead atoms. The largest absolute Gasteiger partial charge is 0.495 e. The number of benzene rings is 2. The Labute approximate surface area is 197 Å². The summed E-state index contributed by atoms with van der Waals surface area (Å²) >= 11 is 0. The van der Waals surface area contributed by atoms with E-state index in [1.54, 1.807) is 13.2 Å². The van der Waals surface area contributed by atoms with E-state index in [1.807, 2.05) is 25.1 Å². The number of carbonyl (C=O) groups is 1. The zero-order valence-electron chi connectivity index (χ0n) is 20.7. The van der Waals surface area contributed by atoms with Crippen LogP contribution in [0, 0.1) is 18.8 Å². The number of esters is 1. The highest BCUT2D eigenvalue weighted by atomic mass is 16.6. The van der Waals surface area contributed by atoms with Crippen LogP contribution in [0.15, 0.2) is 24.8 Å². The third kappa shape index (κ3) is 5.52. The molecule has 0 fully saturated rings. The van der Waals surface area contributed by atoms with Crippen molar-refractivity contribution in [3.05, 3.63) is 52.6 Å². The van der Waals surface area contributed by atoms with E-state index in [0.29, 0.717) is 47.0 Å². The summed E-state index contributed by atoms with van der Waals surface area (Å²) in [6.07, 6.45) is 4.49. The van der Waals surface area contributed by atoms with Crippen LogP contribution in [0.2, 0.25) is 0 Å². The van der Waals surface area contributed by atoms with Gasteiger partial charge in [-0.2, -0.15) is 0 Å². The number of hydrogen-bond donors (Lipinski definition) is 0. The van der Waals surface area contributed by atoms with E-state index in [4.69, 9.17) is 18.9 Å². The second-order valence-corrected chi connectivity index (χ2v) is 9.39. The first-order chi connectivity index (χ1) is 15.8. The molecule has 0 aromatic heterocycles. The van der Waals surface area contributed by atoms with Gasteiger partial charge in [-0.1, -0.05) is 46.4 Å². The summed E-state index contributed by atoms with van der Waals surface area (Å²) in [6, 6.07) is 5.76. The van der Waals surface area contributed by atoms with Gasteiger partial charge in [0.1, 0.15) is 23.7 Å². The molecular formula is C28H36O5. The van der Waals surface area contributed by atoms with Crippen molar-refractivity contribution >= 4 is 12.0 Å². The average molecular weight is 453 g/mol. The second kappa shape index (κ2) is 10.8. The van der Waals surface area contributed by atoms with E-state index in [-0.39, 0.29) is 6.61 Å². The zero-order chi connectivity index (χ0) is 24.1. The third-order valence-electron chi connectivity index (χ3n) is 5.91. The lowest BCUT2D eigenvalue weighted by atomic mass is 9.98. The summed E-state index contributed by atoms with van der Waals surface area (Å²) in [7, 11) is 1.58. The first-order valence-electron chi connectivity index (χ1n) is 11.7. The molecule has 1 aliphatic heterocycles. The van der Waals surface area contributed by atoms with Crippen LogP contribution in [-0.4, -0.2) is 19.7 Å². The van der Waals surface area contributed by atoms with Crippen LogP contribution in [0.25, 0.3) is 6.08 Å². The standard InChI is InChI=1S/C28H36O5/c1-8-21-19(6)15-24(31-14-13-18(4)5)27-22(21)16-32-28(29)25-23(33-27)12-11-20(26(25)30-7)10-9-17(2)3/h8,11-12,15,17-18H,1,9-10,13-14,16H2,2-7H3. The maximum Gasteiger partial charge on any atom is 0.346 e. The Balaban J connectivity index is 2.11. The van der Waals surface area contributed by atoms with Gasteiger partial charge in [-0.25, -0.2) is 4.79 Å². The Bertz CT molecular complexity index is 1020. The molecule has 5 heteroatoms. The summed E-state index contributed by atoms with van der Waals surface area (Å²) < 4.78 is 24.0. The lowest BCUT2D eigenvalue weighted by Crippen LogP contribution is -2.15. The third-order valence-corrected chi connectivity index (χ3v) is 5.91. The Kier molecular flexibility index (Phi) is 8.06. The maximum absolute atomic E-state index is 13.1. The summed E-state index contributed by atoms with van der Waals surface area (Å²) in [6.45, 7) is 15.3. The summed E-state index contributed by atoms with van der Waals surface area (Å²) in [5.74, 6) is 2.72. The Morgan fingerprint density at radius 2 is 1.88 bits per heavy atom. The van der Waals surface area contributed by atoms with Crippen molar-refractivity contribution < 1.29 is 23.7 Å². The molecule has 1 aliphatic rings. The quantitative estimate of drug-likeness (QED) is 0.379. The molecule has 3 rings (SSSR count). The second-order valence-electron chi connectivity index (χ2n) is 9.39. The van der Waals surface area contributed by atoms with Gasteiger partial charge in [0.2, 0.25) is 0 Å². The fourth-order valence-electron chi connectivity index (χ4n) is 3.98. The number of hydrogen-bond acceptors (Lipinski definition) is 5. The molecule has 0 aliphatic carbocycles. The van der Waals surface area contributed by atoms with Gasteiger partial charge in [-0.15, -0.1) is 0 Å². The van der Waals surface area contributed by atoms with Crippen LogP contribution in [0.4, 0.5) is 0 Å². The molecular weight excluding hydrogens is 416 g/mol. The van der Waals surface area contributed by atoms with E-state index in [0.717, 1.165) is 41.5 Å². The fourth-order valence-corrected chi connectivity index (χ4v) is 3.98. The van der Waals surface area contributed by atoms with Crippen molar-refractivity contribution in [1.29, 1.82) is 0 Å². The molecule has 0 radical (unpaired) electrons. The first-order valence-corrected chi connectivity index (χ1v) is 11.7. The Hall–Kier alpha value is -2.95. The number of aryl methyl sites for hydroxylation is 2. The first kappa shape index (κ1) is 24.7. The molecule has 33 heavy (non-hydrogen) atoms. The minimum atomic E-state index is -0.460. The van der Waals surface area contributed by atoms with Crippen molar-refractivity contribution in [2.45, 2.75) is 60.5 Å². The zero-order valence-corrected chi connectivity index (χ0v) is 20.7. The smallest absolute Gasteiger partial charge is 0.346 e. The molecule has 2 aromatic rings. The highest BCUT2D eigenvalue weighted by Crippen LogP contribution is 2.45. The van der Waals surface area contributed by atoms with Gasteiger partial charge in [0.15, 0.2) is 11.5 Å². The van der Waals surface area contributed by atoms with Crippen LogP contribution in [0.5, 0.6) is 23.0 Å². The van der Waals surface area contributed by atoms with Crippen LogP contribution < -0.4 is 14.2 Å². The molecule has 5 nitrogen and oxygen atoms in total. The number of rotatable bonds is 9. The monoisotopic (exact) mass is 452 g/mol. The SMILES string of the molecule is C=Cc1c(C)cc(OCCC(C)C)c2c1COC(=O)c1c(ccc(CCC(C)C)c1OC)O2. The highest BCUT2D eigenvalue weighted by molar-refractivity contribution is 5.96.